The molecule has 0 spiro atoms. The van der Waals surface area contributed by atoms with Gasteiger partial charge < -0.3 is 10.6 Å². The summed E-state index contributed by atoms with van der Waals surface area (Å²) in [5, 5.41) is 8.78. The highest BCUT2D eigenvalue weighted by atomic mass is 15.3. The molecule has 1 aliphatic heterocycles. The summed E-state index contributed by atoms with van der Waals surface area (Å²) in [5.74, 6) is 1.03. The standard InChI is InChI=1S/C13H22N4/c1-3-10-11(9-14)13(16-15-12(10)4-2)17-7-5-6-8-17/h3-9,14H2,1-2H3. The molecule has 1 saturated heterocycles. The Morgan fingerprint density at radius 1 is 1.06 bits per heavy atom. The van der Waals surface area contributed by atoms with Gasteiger partial charge in [-0.25, -0.2) is 0 Å². The first-order valence-corrected chi connectivity index (χ1v) is 6.64. The number of hydrogen-bond donors (Lipinski definition) is 1. The average Bonchev–Trinajstić information content (AvgIpc) is 2.90. The Kier molecular flexibility index (Phi) is 3.94. The van der Waals surface area contributed by atoms with Crippen LogP contribution in [0.4, 0.5) is 5.82 Å². The first-order chi connectivity index (χ1) is 8.31. The van der Waals surface area contributed by atoms with Crippen molar-refractivity contribution in [3.05, 3.63) is 16.8 Å². The van der Waals surface area contributed by atoms with E-state index >= 15 is 0 Å². The normalized spacial score (nSPS) is 15.6. The van der Waals surface area contributed by atoms with Crippen molar-refractivity contribution in [2.45, 2.75) is 46.1 Å². The van der Waals surface area contributed by atoms with E-state index in [4.69, 9.17) is 5.73 Å². The Hall–Kier alpha value is -1.16. The topological polar surface area (TPSA) is 55.0 Å². The van der Waals surface area contributed by atoms with Gasteiger partial charge in [-0.2, -0.15) is 5.10 Å². The van der Waals surface area contributed by atoms with Gasteiger partial charge >= 0.3 is 0 Å². The van der Waals surface area contributed by atoms with Crippen molar-refractivity contribution < 1.29 is 0 Å². The van der Waals surface area contributed by atoms with Crippen LogP contribution >= 0.6 is 0 Å². The third-order valence-electron chi connectivity index (χ3n) is 3.55. The van der Waals surface area contributed by atoms with Crippen molar-refractivity contribution in [1.82, 2.24) is 10.2 Å². The molecule has 4 nitrogen and oxygen atoms in total. The van der Waals surface area contributed by atoms with E-state index in [0.29, 0.717) is 6.54 Å². The summed E-state index contributed by atoms with van der Waals surface area (Å²) in [7, 11) is 0. The van der Waals surface area contributed by atoms with Crippen LogP contribution in [0, 0.1) is 0 Å². The molecular weight excluding hydrogens is 212 g/mol. The maximum atomic E-state index is 5.92. The molecule has 2 N–H and O–H groups in total. The SMILES string of the molecule is CCc1nnc(N2CCCC2)c(CN)c1CC. The Balaban J connectivity index is 2.44. The van der Waals surface area contributed by atoms with Gasteiger partial charge in [0.25, 0.3) is 0 Å². The summed E-state index contributed by atoms with van der Waals surface area (Å²) in [6.45, 7) is 7.05. The molecule has 0 saturated carbocycles. The molecular formula is C13H22N4. The van der Waals surface area contributed by atoms with Gasteiger partial charge in [-0.15, -0.1) is 5.10 Å². The van der Waals surface area contributed by atoms with Crippen LogP contribution in [0.5, 0.6) is 0 Å². The molecule has 1 aliphatic rings. The van der Waals surface area contributed by atoms with Crippen molar-refractivity contribution in [2.75, 3.05) is 18.0 Å². The summed E-state index contributed by atoms with van der Waals surface area (Å²) < 4.78 is 0. The molecule has 17 heavy (non-hydrogen) atoms. The zero-order chi connectivity index (χ0) is 12.3. The Bertz CT molecular complexity index is 383. The lowest BCUT2D eigenvalue weighted by atomic mass is 10.0. The molecule has 0 atom stereocenters. The van der Waals surface area contributed by atoms with Crippen LogP contribution in [0.3, 0.4) is 0 Å². The maximum Gasteiger partial charge on any atom is 0.156 e. The largest absolute Gasteiger partial charge is 0.355 e. The molecule has 0 unspecified atom stereocenters. The number of nitrogens with two attached hydrogens (primary N) is 1. The first kappa shape index (κ1) is 12.3. The van der Waals surface area contributed by atoms with Crippen LogP contribution < -0.4 is 10.6 Å². The molecule has 2 heterocycles. The van der Waals surface area contributed by atoms with Crippen molar-refractivity contribution in [2.24, 2.45) is 5.73 Å². The van der Waals surface area contributed by atoms with E-state index in [2.05, 4.69) is 28.9 Å². The summed E-state index contributed by atoms with van der Waals surface area (Å²) in [5.41, 5.74) is 9.55. The summed E-state index contributed by atoms with van der Waals surface area (Å²) >= 11 is 0. The Morgan fingerprint density at radius 2 is 1.76 bits per heavy atom. The minimum absolute atomic E-state index is 0.567. The zero-order valence-electron chi connectivity index (χ0n) is 10.9. The molecule has 94 valence electrons. The number of anilines is 1. The number of hydrogen-bond acceptors (Lipinski definition) is 4. The van der Waals surface area contributed by atoms with Crippen LogP contribution in [-0.4, -0.2) is 23.3 Å². The number of nitrogens with zero attached hydrogens (tertiary/aromatic N) is 3. The zero-order valence-corrected chi connectivity index (χ0v) is 10.9. The second-order valence-electron chi connectivity index (χ2n) is 4.53. The van der Waals surface area contributed by atoms with Gasteiger partial charge in [0.15, 0.2) is 5.82 Å². The van der Waals surface area contributed by atoms with Gasteiger partial charge in [0, 0.05) is 25.2 Å². The van der Waals surface area contributed by atoms with Crippen molar-refractivity contribution in [1.29, 1.82) is 0 Å². The minimum Gasteiger partial charge on any atom is -0.355 e. The third-order valence-corrected chi connectivity index (χ3v) is 3.55. The van der Waals surface area contributed by atoms with Gasteiger partial charge in [-0.3, -0.25) is 0 Å². The van der Waals surface area contributed by atoms with Crippen LogP contribution in [0.1, 0.15) is 43.5 Å². The van der Waals surface area contributed by atoms with Gasteiger partial charge in [-0.05, 0) is 31.2 Å². The molecule has 1 aromatic heterocycles. The fraction of sp³-hybridized carbons (Fsp3) is 0.692. The minimum atomic E-state index is 0.567. The molecule has 2 rings (SSSR count). The molecule has 4 heteroatoms. The lowest BCUT2D eigenvalue weighted by molar-refractivity contribution is 0.804. The second-order valence-corrected chi connectivity index (χ2v) is 4.53. The molecule has 0 radical (unpaired) electrons. The number of aromatic nitrogens is 2. The van der Waals surface area contributed by atoms with Gasteiger partial charge in [0.1, 0.15) is 0 Å². The van der Waals surface area contributed by atoms with Crippen LogP contribution in [0.15, 0.2) is 0 Å². The van der Waals surface area contributed by atoms with E-state index in [-0.39, 0.29) is 0 Å². The average molecular weight is 234 g/mol. The monoisotopic (exact) mass is 234 g/mol. The van der Waals surface area contributed by atoms with E-state index < -0.39 is 0 Å². The van der Waals surface area contributed by atoms with E-state index in [9.17, 15) is 0 Å². The second kappa shape index (κ2) is 5.45. The van der Waals surface area contributed by atoms with Gasteiger partial charge in [0.05, 0.1) is 5.69 Å². The van der Waals surface area contributed by atoms with E-state index in [1.54, 1.807) is 0 Å². The van der Waals surface area contributed by atoms with Crippen LogP contribution in [0.25, 0.3) is 0 Å². The summed E-state index contributed by atoms with van der Waals surface area (Å²) in [6.07, 6.45) is 4.43. The van der Waals surface area contributed by atoms with Crippen LogP contribution in [0.2, 0.25) is 0 Å². The Labute approximate surface area is 103 Å². The maximum absolute atomic E-state index is 5.92. The fourth-order valence-corrected chi connectivity index (χ4v) is 2.64. The van der Waals surface area contributed by atoms with Crippen LogP contribution in [-0.2, 0) is 19.4 Å². The highest BCUT2D eigenvalue weighted by Crippen LogP contribution is 2.26. The highest BCUT2D eigenvalue weighted by Gasteiger charge is 2.20. The summed E-state index contributed by atoms with van der Waals surface area (Å²) in [6, 6.07) is 0. The third kappa shape index (κ3) is 2.27. The highest BCUT2D eigenvalue weighted by molar-refractivity contribution is 5.51. The molecule has 0 amide bonds. The molecule has 0 bridgehead atoms. The lowest BCUT2D eigenvalue weighted by Crippen LogP contribution is -2.24. The number of aryl methyl sites for hydroxylation is 1. The van der Waals surface area contributed by atoms with Crippen molar-refractivity contribution in [3.63, 3.8) is 0 Å². The molecule has 1 aromatic rings. The van der Waals surface area contributed by atoms with Crippen molar-refractivity contribution >= 4 is 5.82 Å². The van der Waals surface area contributed by atoms with E-state index in [1.807, 2.05) is 0 Å². The molecule has 0 aromatic carbocycles. The smallest absolute Gasteiger partial charge is 0.156 e. The molecule has 0 aliphatic carbocycles. The summed E-state index contributed by atoms with van der Waals surface area (Å²) in [4.78, 5) is 2.33. The predicted molar refractivity (Wildman–Crippen MR) is 70.1 cm³/mol. The van der Waals surface area contributed by atoms with Gasteiger partial charge in [0.2, 0.25) is 0 Å². The lowest BCUT2D eigenvalue weighted by Gasteiger charge is -2.21. The van der Waals surface area contributed by atoms with Gasteiger partial charge in [-0.1, -0.05) is 13.8 Å². The quantitative estimate of drug-likeness (QED) is 0.861. The predicted octanol–water partition coefficient (Wildman–Crippen LogP) is 1.66. The fourth-order valence-electron chi connectivity index (χ4n) is 2.64. The molecule has 1 fully saturated rings. The van der Waals surface area contributed by atoms with Crippen molar-refractivity contribution in [3.8, 4) is 0 Å². The first-order valence-electron chi connectivity index (χ1n) is 6.64. The Morgan fingerprint density at radius 3 is 2.29 bits per heavy atom. The van der Waals surface area contributed by atoms with E-state index in [0.717, 1.165) is 37.4 Å². The number of rotatable bonds is 4. The van der Waals surface area contributed by atoms with E-state index in [1.165, 1.54) is 24.0 Å².